The van der Waals surface area contributed by atoms with Crippen LogP contribution in [0, 0.1) is 11.8 Å². The van der Waals surface area contributed by atoms with Gasteiger partial charge >= 0.3 is 0 Å². The van der Waals surface area contributed by atoms with Crippen LogP contribution in [-0.2, 0) is 11.2 Å². The van der Waals surface area contributed by atoms with E-state index in [1.165, 1.54) is 71.3 Å². The number of hydrogen-bond donors (Lipinski definition) is 0. The minimum Gasteiger partial charge on any atom is -0.293 e. The highest BCUT2D eigenvalue weighted by Crippen LogP contribution is 2.55. The van der Waals surface area contributed by atoms with Crippen LogP contribution in [0.5, 0.6) is 0 Å². The van der Waals surface area contributed by atoms with Crippen molar-refractivity contribution in [3.63, 3.8) is 0 Å². The van der Waals surface area contributed by atoms with E-state index in [0.29, 0.717) is 4.48 Å². The first kappa shape index (κ1) is 19.7. The number of hydrogen-bond acceptors (Lipinski definition) is 1. The molecule has 170 valence electrons. The van der Waals surface area contributed by atoms with Gasteiger partial charge in [-0.3, -0.25) is 4.79 Å². The number of allylic oxidation sites excluding steroid dienone is 7. The SMILES string of the molecule is O=C1C(Br)=CC=C2CC3=CC=c4c5c(c6ccc7c8c(ccc4c68)Cc4ccccc4-7)C=CC(C12)C35. The van der Waals surface area contributed by atoms with Crippen LogP contribution >= 0.6 is 15.9 Å². The fourth-order valence-electron chi connectivity index (χ4n) is 7.88. The van der Waals surface area contributed by atoms with Gasteiger partial charge in [-0.15, -0.1) is 0 Å². The van der Waals surface area contributed by atoms with E-state index in [0.717, 1.165) is 12.8 Å². The maximum absolute atomic E-state index is 13.3. The molecule has 5 aliphatic rings. The first-order valence-electron chi connectivity index (χ1n) is 12.8. The Balaban J connectivity index is 1.38. The van der Waals surface area contributed by atoms with Gasteiger partial charge in [0.1, 0.15) is 0 Å². The summed E-state index contributed by atoms with van der Waals surface area (Å²) in [6.45, 7) is 0. The Bertz CT molecular complexity index is 1930. The smallest absolute Gasteiger partial charge is 0.177 e. The summed E-state index contributed by atoms with van der Waals surface area (Å²) in [7, 11) is 0. The fraction of sp³-hybridized carbons (Fsp3) is 0.147. The predicted octanol–water partition coefficient (Wildman–Crippen LogP) is 7.54. The Morgan fingerprint density at radius 3 is 2.50 bits per heavy atom. The Morgan fingerprint density at radius 1 is 0.722 bits per heavy atom. The number of fused-ring (bicyclic) bond motifs is 6. The van der Waals surface area contributed by atoms with Crippen LogP contribution in [-0.4, -0.2) is 5.78 Å². The van der Waals surface area contributed by atoms with Crippen LogP contribution in [0.1, 0.15) is 34.6 Å². The lowest BCUT2D eigenvalue weighted by Crippen LogP contribution is -2.40. The summed E-state index contributed by atoms with van der Waals surface area (Å²) in [5.41, 5.74) is 11.1. The van der Waals surface area contributed by atoms with Crippen molar-refractivity contribution in [3.05, 3.63) is 116 Å². The number of ketones is 1. The van der Waals surface area contributed by atoms with Gasteiger partial charge in [0, 0.05) is 11.8 Å². The van der Waals surface area contributed by atoms with E-state index in [9.17, 15) is 4.79 Å². The van der Waals surface area contributed by atoms with Gasteiger partial charge in [0.25, 0.3) is 0 Å². The summed E-state index contributed by atoms with van der Waals surface area (Å²) in [5, 5.41) is 6.89. The lowest BCUT2D eigenvalue weighted by molar-refractivity contribution is -0.118. The molecule has 3 unspecified atom stereocenters. The summed E-state index contributed by atoms with van der Waals surface area (Å²) in [4.78, 5) is 13.3. The van der Waals surface area contributed by atoms with Crippen molar-refractivity contribution >= 4 is 55.4 Å². The Morgan fingerprint density at radius 2 is 1.56 bits per heavy atom. The molecule has 0 amide bonds. The zero-order valence-electron chi connectivity index (χ0n) is 19.5. The van der Waals surface area contributed by atoms with Crippen molar-refractivity contribution in [2.45, 2.75) is 18.8 Å². The Hall–Kier alpha value is -3.49. The van der Waals surface area contributed by atoms with Gasteiger partial charge in [0.05, 0.1) is 10.4 Å². The van der Waals surface area contributed by atoms with Crippen LogP contribution < -0.4 is 5.22 Å². The standard InChI is InChI=1S/C34H21BrO/c35-28-14-7-20-16-19-6-9-24-23-8-5-18-15-17-3-1-2-4-21(17)22-10-11-25(32(23)29(18)22)26-12-13-27(30(19)33(24)26)31(20)34(28)36/h1-14,27,30-31H,15-16H2. The first-order valence-corrected chi connectivity index (χ1v) is 13.6. The van der Waals surface area contributed by atoms with Gasteiger partial charge in [-0.1, -0.05) is 90.1 Å². The lowest BCUT2D eigenvalue weighted by atomic mass is 9.58. The zero-order chi connectivity index (χ0) is 23.7. The molecule has 0 saturated heterocycles. The number of carbonyl (C=O) groups is 1. The normalized spacial score (nSPS) is 24.4. The van der Waals surface area contributed by atoms with Crippen molar-refractivity contribution in [2.75, 3.05) is 0 Å². The molecule has 1 saturated carbocycles. The van der Waals surface area contributed by atoms with E-state index < -0.39 is 0 Å². The molecule has 36 heavy (non-hydrogen) atoms. The molecule has 9 rings (SSSR count). The minimum absolute atomic E-state index is 0.0653. The van der Waals surface area contributed by atoms with Gasteiger partial charge in [-0.25, -0.2) is 0 Å². The molecule has 5 aliphatic carbocycles. The van der Waals surface area contributed by atoms with E-state index in [1.807, 2.05) is 6.08 Å². The number of benzene rings is 4. The summed E-state index contributed by atoms with van der Waals surface area (Å²) < 4.78 is 0.706. The topological polar surface area (TPSA) is 17.1 Å². The van der Waals surface area contributed by atoms with E-state index in [-0.39, 0.29) is 23.5 Å². The van der Waals surface area contributed by atoms with Crippen molar-refractivity contribution in [3.8, 4) is 11.1 Å². The van der Waals surface area contributed by atoms with Crippen LogP contribution in [0.4, 0.5) is 0 Å². The third-order valence-corrected chi connectivity index (χ3v) is 9.95. The Kier molecular flexibility index (Phi) is 3.62. The van der Waals surface area contributed by atoms with Crippen LogP contribution in [0.2, 0.25) is 0 Å². The van der Waals surface area contributed by atoms with E-state index in [2.05, 4.69) is 94.8 Å². The molecule has 0 heterocycles. The second-order valence-corrected chi connectivity index (χ2v) is 11.7. The molecule has 2 heteroatoms. The molecule has 4 aromatic carbocycles. The average Bonchev–Trinajstić information content (AvgIpc) is 2.92. The highest BCUT2D eigenvalue weighted by molar-refractivity contribution is 9.12. The van der Waals surface area contributed by atoms with Crippen molar-refractivity contribution in [1.82, 2.24) is 0 Å². The summed E-state index contributed by atoms with van der Waals surface area (Å²) in [6, 6.07) is 18.3. The monoisotopic (exact) mass is 524 g/mol. The maximum Gasteiger partial charge on any atom is 0.177 e. The molecule has 0 bridgehead atoms. The lowest BCUT2D eigenvalue weighted by Gasteiger charge is -2.44. The van der Waals surface area contributed by atoms with Gasteiger partial charge < -0.3 is 0 Å². The number of Topliss-reactive ketones (excluding diaryl/α,β-unsaturated/α-hetero) is 1. The largest absolute Gasteiger partial charge is 0.293 e. The summed E-state index contributed by atoms with van der Waals surface area (Å²) in [6.07, 6.45) is 15.4. The third kappa shape index (κ3) is 2.26. The van der Waals surface area contributed by atoms with Gasteiger partial charge in [0.2, 0.25) is 0 Å². The molecule has 0 radical (unpaired) electrons. The second-order valence-electron chi connectivity index (χ2n) is 10.9. The molecule has 1 nitrogen and oxygen atoms in total. The highest BCUT2D eigenvalue weighted by Gasteiger charge is 2.46. The van der Waals surface area contributed by atoms with E-state index >= 15 is 0 Å². The fourth-order valence-corrected chi connectivity index (χ4v) is 8.26. The van der Waals surface area contributed by atoms with Gasteiger partial charge in [0.15, 0.2) is 5.78 Å². The molecule has 0 spiro atoms. The van der Waals surface area contributed by atoms with Gasteiger partial charge in [-0.2, -0.15) is 0 Å². The minimum atomic E-state index is -0.0653. The quantitative estimate of drug-likeness (QED) is 0.204. The molecular formula is C34H21BrO. The van der Waals surface area contributed by atoms with E-state index in [4.69, 9.17) is 0 Å². The van der Waals surface area contributed by atoms with Crippen LogP contribution in [0.25, 0.3) is 44.8 Å². The van der Waals surface area contributed by atoms with E-state index in [1.54, 1.807) is 0 Å². The molecule has 0 aromatic heterocycles. The number of rotatable bonds is 0. The molecular weight excluding hydrogens is 504 g/mol. The molecule has 0 aliphatic heterocycles. The first-order chi connectivity index (χ1) is 17.7. The third-order valence-electron chi connectivity index (χ3n) is 9.29. The predicted molar refractivity (Wildman–Crippen MR) is 151 cm³/mol. The summed E-state index contributed by atoms with van der Waals surface area (Å²) in [5.74, 6) is 0.610. The number of halogens is 1. The molecule has 4 aromatic rings. The zero-order valence-corrected chi connectivity index (χ0v) is 21.1. The molecule has 3 atom stereocenters. The van der Waals surface area contributed by atoms with Crippen LogP contribution in [0.3, 0.4) is 0 Å². The maximum atomic E-state index is 13.3. The molecule has 1 fully saturated rings. The van der Waals surface area contributed by atoms with Crippen molar-refractivity contribution in [1.29, 1.82) is 0 Å². The summed E-state index contributed by atoms with van der Waals surface area (Å²) >= 11 is 3.53. The van der Waals surface area contributed by atoms with Crippen LogP contribution in [0.15, 0.2) is 88.5 Å². The second kappa shape index (κ2) is 6.63. The van der Waals surface area contributed by atoms with Gasteiger partial charge in [-0.05, 0) is 95.0 Å². The van der Waals surface area contributed by atoms with Crippen molar-refractivity contribution in [2.24, 2.45) is 11.8 Å². The van der Waals surface area contributed by atoms with Crippen molar-refractivity contribution < 1.29 is 4.79 Å². The molecule has 0 N–H and O–H groups in total. The number of carbonyl (C=O) groups excluding carboxylic acids is 1. The highest BCUT2D eigenvalue weighted by atomic mass is 79.9. The average molecular weight is 525 g/mol. The Labute approximate surface area is 217 Å².